The van der Waals surface area contributed by atoms with Crippen LogP contribution in [0.5, 0.6) is 5.75 Å². The van der Waals surface area contributed by atoms with Crippen molar-refractivity contribution in [3.8, 4) is 22.7 Å². The molecule has 1 fully saturated rings. The molecule has 5 nitrogen and oxygen atoms in total. The second-order valence-corrected chi connectivity index (χ2v) is 9.82. The van der Waals surface area contributed by atoms with Crippen LogP contribution >= 0.6 is 0 Å². The normalized spacial score (nSPS) is 15.1. The fourth-order valence-electron chi connectivity index (χ4n) is 5.62. The Hall–Kier alpha value is -3.86. The van der Waals surface area contributed by atoms with Crippen molar-refractivity contribution >= 4 is 5.91 Å². The van der Waals surface area contributed by atoms with Gasteiger partial charge in [0.1, 0.15) is 11.4 Å². The Morgan fingerprint density at radius 3 is 2.24 bits per heavy atom. The number of carbonyl (C=O) groups excluding carboxylic acids is 1. The Morgan fingerprint density at radius 2 is 1.59 bits per heavy atom. The summed E-state index contributed by atoms with van der Waals surface area (Å²) in [5.74, 6) is 0.745. The van der Waals surface area contributed by atoms with Gasteiger partial charge in [-0.15, -0.1) is 0 Å². The van der Waals surface area contributed by atoms with Gasteiger partial charge in [0.2, 0.25) is 0 Å². The Balaban J connectivity index is 1.64. The monoisotopic (exact) mass is 493 g/mol. The van der Waals surface area contributed by atoms with Crippen LogP contribution in [0.15, 0.2) is 84.9 Å². The van der Waals surface area contributed by atoms with Crippen molar-refractivity contribution in [2.24, 2.45) is 0 Å². The summed E-state index contributed by atoms with van der Waals surface area (Å²) in [6.45, 7) is 2.09. The standard InChI is InChI=1S/C32H35N3O2/c1-3-28-29(30(24-15-8-6-9-16-24)34-35(28)26-18-10-7-11-19-26)31(36)33-32(21-12-4-5-13-22-32)25-17-14-20-27(23-25)37-2/h6-11,14-20,23H,3-5,12-13,21-22H2,1-2H3,(H,33,36). The van der Waals surface area contributed by atoms with Gasteiger partial charge in [0, 0.05) is 5.56 Å². The van der Waals surface area contributed by atoms with Crippen LogP contribution in [0.3, 0.4) is 0 Å². The number of hydrogen-bond donors (Lipinski definition) is 1. The maximum atomic E-state index is 14.4. The third-order valence-electron chi connectivity index (χ3n) is 7.52. The predicted octanol–water partition coefficient (Wildman–Crippen LogP) is 7.09. The highest BCUT2D eigenvalue weighted by molar-refractivity contribution is 6.02. The average Bonchev–Trinajstić information content (AvgIpc) is 3.20. The number of amides is 1. The molecule has 1 aromatic heterocycles. The van der Waals surface area contributed by atoms with Crippen LogP contribution in [0.4, 0.5) is 0 Å². The number of methoxy groups -OCH3 is 1. The van der Waals surface area contributed by atoms with Crippen LogP contribution in [0.25, 0.3) is 16.9 Å². The number of para-hydroxylation sites is 1. The molecular formula is C32H35N3O2. The van der Waals surface area contributed by atoms with Crippen LogP contribution in [0.2, 0.25) is 0 Å². The van der Waals surface area contributed by atoms with Gasteiger partial charge in [-0.25, -0.2) is 4.68 Å². The third kappa shape index (κ3) is 5.04. The highest BCUT2D eigenvalue weighted by Gasteiger charge is 2.37. The average molecular weight is 494 g/mol. The molecular weight excluding hydrogens is 458 g/mol. The molecule has 5 rings (SSSR count). The van der Waals surface area contributed by atoms with Gasteiger partial charge < -0.3 is 10.1 Å². The number of nitrogens with one attached hydrogen (secondary N) is 1. The summed E-state index contributed by atoms with van der Waals surface area (Å²) in [6.07, 6.45) is 7.01. The molecule has 0 bridgehead atoms. The quantitative estimate of drug-likeness (QED) is 0.280. The van der Waals surface area contributed by atoms with Crippen LogP contribution in [0.1, 0.15) is 67.1 Å². The Kier molecular flexibility index (Phi) is 7.40. The van der Waals surface area contributed by atoms with Crippen molar-refractivity contribution < 1.29 is 9.53 Å². The van der Waals surface area contributed by atoms with E-state index < -0.39 is 5.54 Å². The Bertz CT molecular complexity index is 1340. The summed E-state index contributed by atoms with van der Waals surface area (Å²) < 4.78 is 7.48. The van der Waals surface area contributed by atoms with E-state index in [1.54, 1.807) is 7.11 Å². The molecule has 1 aliphatic carbocycles. The highest BCUT2D eigenvalue weighted by atomic mass is 16.5. The molecule has 5 heteroatoms. The minimum atomic E-state index is -0.448. The zero-order valence-corrected chi connectivity index (χ0v) is 21.7. The molecule has 37 heavy (non-hydrogen) atoms. The van der Waals surface area contributed by atoms with Gasteiger partial charge in [-0.2, -0.15) is 5.10 Å². The summed E-state index contributed by atoms with van der Waals surface area (Å²) >= 11 is 0. The van der Waals surface area contributed by atoms with Crippen LogP contribution < -0.4 is 10.1 Å². The van der Waals surface area contributed by atoms with Gasteiger partial charge in [-0.1, -0.05) is 93.3 Å². The zero-order chi connectivity index (χ0) is 25.7. The summed E-state index contributed by atoms with van der Waals surface area (Å²) in [6, 6.07) is 28.3. The van der Waals surface area contributed by atoms with Crippen molar-refractivity contribution in [1.82, 2.24) is 15.1 Å². The van der Waals surface area contributed by atoms with Crippen LogP contribution in [-0.4, -0.2) is 22.8 Å². The predicted molar refractivity (Wildman–Crippen MR) is 148 cm³/mol. The molecule has 0 aliphatic heterocycles. The number of carbonyl (C=O) groups is 1. The lowest BCUT2D eigenvalue weighted by Crippen LogP contribution is -2.46. The largest absolute Gasteiger partial charge is 0.497 e. The van der Waals surface area contributed by atoms with Crippen LogP contribution in [0, 0.1) is 0 Å². The van der Waals surface area contributed by atoms with E-state index in [1.165, 1.54) is 12.8 Å². The molecule has 1 amide bonds. The Labute approximate surface area is 219 Å². The number of rotatable bonds is 7. The second kappa shape index (κ2) is 11.0. The molecule has 1 N–H and O–H groups in total. The topological polar surface area (TPSA) is 56.1 Å². The first kappa shape index (κ1) is 24.8. The van der Waals surface area contributed by atoms with E-state index in [-0.39, 0.29) is 5.91 Å². The van der Waals surface area contributed by atoms with Gasteiger partial charge in [-0.3, -0.25) is 4.79 Å². The van der Waals surface area contributed by atoms with Gasteiger partial charge in [-0.05, 0) is 49.1 Å². The fraction of sp³-hybridized carbons (Fsp3) is 0.312. The summed E-state index contributed by atoms with van der Waals surface area (Å²) in [5.41, 5.74) is 4.84. The molecule has 1 heterocycles. The lowest BCUT2D eigenvalue weighted by Gasteiger charge is -2.35. The summed E-state index contributed by atoms with van der Waals surface area (Å²) in [5, 5.41) is 8.57. The molecule has 0 unspecified atom stereocenters. The molecule has 3 aromatic carbocycles. The van der Waals surface area contributed by atoms with E-state index in [0.29, 0.717) is 17.7 Å². The first-order valence-electron chi connectivity index (χ1n) is 13.3. The van der Waals surface area contributed by atoms with E-state index in [2.05, 4.69) is 24.4 Å². The smallest absolute Gasteiger partial charge is 0.256 e. The number of nitrogens with zero attached hydrogens (tertiary/aromatic N) is 2. The van der Waals surface area contributed by atoms with E-state index >= 15 is 0 Å². The summed E-state index contributed by atoms with van der Waals surface area (Å²) in [7, 11) is 1.69. The van der Waals surface area contributed by atoms with Gasteiger partial charge in [0.05, 0.1) is 29.6 Å². The molecule has 0 saturated heterocycles. The first-order valence-corrected chi connectivity index (χ1v) is 13.3. The molecule has 1 aliphatic rings. The maximum absolute atomic E-state index is 14.4. The van der Waals surface area contributed by atoms with Gasteiger partial charge in [0.25, 0.3) is 5.91 Å². The van der Waals surface area contributed by atoms with Crippen molar-refractivity contribution in [3.05, 3.63) is 102 Å². The van der Waals surface area contributed by atoms with E-state index in [1.807, 2.05) is 77.5 Å². The first-order chi connectivity index (χ1) is 18.1. The minimum Gasteiger partial charge on any atom is -0.497 e. The van der Waals surface area contributed by atoms with Crippen LogP contribution in [-0.2, 0) is 12.0 Å². The summed E-state index contributed by atoms with van der Waals surface area (Å²) in [4.78, 5) is 14.4. The maximum Gasteiger partial charge on any atom is 0.256 e. The fourth-order valence-corrected chi connectivity index (χ4v) is 5.62. The minimum absolute atomic E-state index is 0.0670. The van der Waals surface area contributed by atoms with E-state index in [4.69, 9.17) is 9.84 Å². The molecule has 190 valence electrons. The number of aromatic nitrogens is 2. The van der Waals surface area contributed by atoms with Crippen molar-refractivity contribution in [2.75, 3.05) is 7.11 Å². The van der Waals surface area contributed by atoms with Gasteiger partial charge in [0.15, 0.2) is 0 Å². The number of hydrogen-bond acceptors (Lipinski definition) is 3. The van der Waals surface area contributed by atoms with Crippen molar-refractivity contribution in [1.29, 1.82) is 0 Å². The lowest BCUT2D eigenvalue weighted by atomic mass is 9.82. The molecule has 4 aromatic rings. The number of ether oxygens (including phenoxy) is 1. The molecule has 0 radical (unpaired) electrons. The highest BCUT2D eigenvalue weighted by Crippen LogP contribution is 2.38. The second-order valence-electron chi connectivity index (χ2n) is 9.82. The molecule has 0 spiro atoms. The molecule has 1 saturated carbocycles. The third-order valence-corrected chi connectivity index (χ3v) is 7.52. The Morgan fingerprint density at radius 1 is 0.919 bits per heavy atom. The lowest BCUT2D eigenvalue weighted by molar-refractivity contribution is 0.0884. The van der Waals surface area contributed by atoms with Gasteiger partial charge >= 0.3 is 0 Å². The van der Waals surface area contributed by atoms with E-state index in [9.17, 15) is 4.79 Å². The zero-order valence-electron chi connectivity index (χ0n) is 21.7. The van der Waals surface area contributed by atoms with Crippen molar-refractivity contribution in [3.63, 3.8) is 0 Å². The molecule has 0 atom stereocenters. The van der Waals surface area contributed by atoms with E-state index in [0.717, 1.165) is 53.9 Å². The number of benzene rings is 3. The van der Waals surface area contributed by atoms with Crippen molar-refractivity contribution in [2.45, 2.75) is 57.4 Å². The SMILES string of the molecule is CCc1c(C(=O)NC2(c3cccc(OC)c3)CCCCCC2)c(-c2ccccc2)nn1-c1ccccc1.